The number of aromatic nitrogens is 3. The molecule has 1 aliphatic heterocycles. The molecule has 142 valence electrons. The number of hydrogen-bond acceptors (Lipinski definition) is 5. The predicted octanol–water partition coefficient (Wildman–Crippen LogP) is 3.01. The zero-order chi connectivity index (χ0) is 19.0. The Bertz CT molecular complexity index is 1040. The smallest absolute Gasteiger partial charge is 0.243 e. The fourth-order valence-electron chi connectivity index (χ4n) is 3.54. The fourth-order valence-corrected chi connectivity index (χ4v) is 5.27. The van der Waals surface area contributed by atoms with Crippen molar-refractivity contribution in [2.24, 2.45) is 0 Å². The number of rotatable bonds is 4. The molecule has 7 nitrogen and oxygen atoms in total. The van der Waals surface area contributed by atoms with Crippen molar-refractivity contribution in [2.75, 3.05) is 25.0 Å². The van der Waals surface area contributed by atoms with E-state index in [0.717, 1.165) is 34.2 Å². The quantitative estimate of drug-likeness (QED) is 0.661. The van der Waals surface area contributed by atoms with Crippen molar-refractivity contribution >= 4 is 42.8 Å². The zero-order valence-corrected chi connectivity index (χ0v) is 17.2. The Morgan fingerprint density at radius 3 is 2.56 bits per heavy atom. The number of H-pyrrole nitrogens is 1. The monoisotopic (exact) mass is 449 g/mol. The minimum atomic E-state index is -3.45. The molecule has 1 fully saturated rings. The molecule has 0 spiro atoms. The summed E-state index contributed by atoms with van der Waals surface area (Å²) in [6.45, 7) is 0.990. The number of sulfonamides is 1. The first-order valence-corrected chi connectivity index (χ1v) is 11.0. The Kier molecular flexibility index (Phi) is 4.92. The predicted molar refractivity (Wildman–Crippen MR) is 108 cm³/mol. The van der Waals surface area contributed by atoms with Crippen LogP contribution in [-0.4, -0.2) is 53.9 Å². The van der Waals surface area contributed by atoms with E-state index in [1.807, 2.05) is 19.3 Å². The topological polar surface area (TPSA) is 82.2 Å². The van der Waals surface area contributed by atoms with Gasteiger partial charge in [-0.05, 0) is 43.2 Å². The van der Waals surface area contributed by atoms with Gasteiger partial charge in [0.15, 0.2) is 0 Å². The molecule has 27 heavy (non-hydrogen) atoms. The van der Waals surface area contributed by atoms with Crippen molar-refractivity contribution in [3.8, 4) is 0 Å². The van der Waals surface area contributed by atoms with E-state index in [0.29, 0.717) is 18.0 Å². The van der Waals surface area contributed by atoms with Gasteiger partial charge < -0.3 is 9.88 Å². The molecule has 0 saturated carbocycles. The molecule has 4 rings (SSSR count). The molecule has 1 aromatic carbocycles. The second-order valence-electron chi connectivity index (χ2n) is 6.64. The van der Waals surface area contributed by atoms with Crippen LogP contribution in [0.2, 0.25) is 0 Å². The minimum Gasteiger partial charge on any atom is -0.356 e. The third-order valence-corrected chi connectivity index (χ3v) is 7.53. The summed E-state index contributed by atoms with van der Waals surface area (Å²) < 4.78 is 28.2. The molecule has 3 heterocycles. The summed E-state index contributed by atoms with van der Waals surface area (Å²) in [5.41, 5.74) is 0.808. The second kappa shape index (κ2) is 7.21. The molecule has 1 aliphatic rings. The number of aromatic amines is 1. The summed E-state index contributed by atoms with van der Waals surface area (Å²) in [7, 11) is -1.44. The standard InChI is InChI=1S/C18H20BrN5O2S/c1-23(18-16-6-9-20-17(16)21-12-22-18)14-7-10-24(11-8-14)27(25,26)15-4-2-13(19)3-5-15/h2-6,9,12,14H,7-8,10-11H2,1H3,(H,20,21,22). The number of fused-ring (bicyclic) bond motifs is 1. The summed E-state index contributed by atoms with van der Waals surface area (Å²) in [6, 6.07) is 8.99. The van der Waals surface area contributed by atoms with E-state index in [1.165, 1.54) is 0 Å². The van der Waals surface area contributed by atoms with Crippen molar-refractivity contribution in [2.45, 2.75) is 23.8 Å². The van der Waals surface area contributed by atoms with Crippen LogP contribution >= 0.6 is 15.9 Å². The molecule has 0 amide bonds. The highest BCUT2D eigenvalue weighted by atomic mass is 79.9. The first kappa shape index (κ1) is 18.4. The third-order valence-electron chi connectivity index (χ3n) is 5.09. The fraction of sp³-hybridized carbons (Fsp3) is 0.333. The number of anilines is 1. The molecule has 1 N–H and O–H groups in total. The van der Waals surface area contributed by atoms with Gasteiger partial charge in [0.25, 0.3) is 0 Å². The van der Waals surface area contributed by atoms with Gasteiger partial charge in [-0.1, -0.05) is 15.9 Å². The van der Waals surface area contributed by atoms with Crippen LogP contribution in [0.15, 0.2) is 52.2 Å². The minimum absolute atomic E-state index is 0.231. The number of nitrogens with one attached hydrogen (secondary N) is 1. The largest absolute Gasteiger partial charge is 0.356 e. The van der Waals surface area contributed by atoms with Gasteiger partial charge in [-0.15, -0.1) is 0 Å². The number of benzene rings is 1. The zero-order valence-electron chi connectivity index (χ0n) is 14.8. The second-order valence-corrected chi connectivity index (χ2v) is 9.49. The van der Waals surface area contributed by atoms with Crippen molar-refractivity contribution in [3.05, 3.63) is 47.3 Å². The van der Waals surface area contributed by atoms with E-state index in [9.17, 15) is 8.42 Å². The van der Waals surface area contributed by atoms with Crippen LogP contribution in [0.3, 0.4) is 0 Å². The lowest BCUT2D eigenvalue weighted by Gasteiger charge is -2.36. The van der Waals surface area contributed by atoms with Crippen molar-refractivity contribution < 1.29 is 8.42 Å². The molecule has 2 aromatic heterocycles. The lowest BCUT2D eigenvalue weighted by atomic mass is 10.1. The number of hydrogen-bond donors (Lipinski definition) is 1. The molecule has 0 atom stereocenters. The maximum atomic E-state index is 12.9. The summed E-state index contributed by atoms with van der Waals surface area (Å²) in [5.74, 6) is 0.871. The van der Waals surface area contributed by atoms with Crippen LogP contribution in [0.4, 0.5) is 5.82 Å². The maximum Gasteiger partial charge on any atom is 0.243 e. The normalized spacial score (nSPS) is 16.7. The van der Waals surface area contributed by atoms with Gasteiger partial charge in [0.1, 0.15) is 17.8 Å². The van der Waals surface area contributed by atoms with Crippen LogP contribution < -0.4 is 4.90 Å². The SMILES string of the molecule is CN(c1ncnc2[nH]ccc12)C1CCN(S(=O)(=O)c2ccc(Br)cc2)CC1. The van der Waals surface area contributed by atoms with E-state index in [2.05, 4.69) is 35.8 Å². The highest BCUT2D eigenvalue weighted by Crippen LogP contribution is 2.28. The van der Waals surface area contributed by atoms with Gasteiger partial charge in [0.2, 0.25) is 10.0 Å². The molecule has 1 saturated heterocycles. The molecule has 9 heteroatoms. The third kappa shape index (κ3) is 3.46. The van der Waals surface area contributed by atoms with Gasteiger partial charge in [-0.2, -0.15) is 4.31 Å². The van der Waals surface area contributed by atoms with Gasteiger partial charge in [-0.3, -0.25) is 0 Å². The first-order chi connectivity index (χ1) is 13.0. The van der Waals surface area contributed by atoms with E-state index < -0.39 is 10.0 Å². The molecule has 3 aromatic rings. The molecule has 0 radical (unpaired) electrons. The maximum absolute atomic E-state index is 12.9. The highest BCUT2D eigenvalue weighted by molar-refractivity contribution is 9.10. The van der Waals surface area contributed by atoms with Gasteiger partial charge in [-0.25, -0.2) is 18.4 Å². The molecule has 0 aliphatic carbocycles. The van der Waals surface area contributed by atoms with Crippen LogP contribution in [0.25, 0.3) is 11.0 Å². The van der Waals surface area contributed by atoms with Crippen molar-refractivity contribution in [3.63, 3.8) is 0 Å². The van der Waals surface area contributed by atoms with Crippen molar-refractivity contribution in [1.29, 1.82) is 0 Å². The molecule has 0 bridgehead atoms. The summed E-state index contributed by atoms with van der Waals surface area (Å²) >= 11 is 3.34. The van der Waals surface area contributed by atoms with E-state index in [4.69, 9.17) is 0 Å². The molecular weight excluding hydrogens is 430 g/mol. The number of nitrogens with zero attached hydrogens (tertiary/aromatic N) is 4. The molecular formula is C18H20BrN5O2S. The first-order valence-electron chi connectivity index (χ1n) is 8.73. The lowest BCUT2D eigenvalue weighted by molar-refractivity contribution is 0.314. The number of halogens is 1. The van der Waals surface area contributed by atoms with Crippen LogP contribution in [0.5, 0.6) is 0 Å². The summed E-state index contributed by atoms with van der Waals surface area (Å²) in [6.07, 6.45) is 4.91. The van der Waals surface area contributed by atoms with E-state index in [-0.39, 0.29) is 6.04 Å². The van der Waals surface area contributed by atoms with Gasteiger partial charge in [0.05, 0.1) is 10.3 Å². The Balaban J connectivity index is 1.48. The summed E-state index contributed by atoms with van der Waals surface area (Å²) in [5, 5.41) is 0.977. The molecule has 0 unspecified atom stereocenters. The van der Waals surface area contributed by atoms with E-state index in [1.54, 1.807) is 34.9 Å². The van der Waals surface area contributed by atoms with Crippen LogP contribution in [0, 0.1) is 0 Å². The van der Waals surface area contributed by atoms with Crippen LogP contribution in [-0.2, 0) is 10.0 Å². The Morgan fingerprint density at radius 1 is 1.15 bits per heavy atom. The highest BCUT2D eigenvalue weighted by Gasteiger charge is 2.31. The Hall–Kier alpha value is -1.97. The van der Waals surface area contributed by atoms with Crippen molar-refractivity contribution in [1.82, 2.24) is 19.3 Å². The van der Waals surface area contributed by atoms with Gasteiger partial charge in [0, 0.05) is 36.8 Å². The number of piperidine rings is 1. The Labute approximate surface area is 166 Å². The average molecular weight is 450 g/mol. The average Bonchev–Trinajstić information content (AvgIpc) is 3.17. The summed E-state index contributed by atoms with van der Waals surface area (Å²) in [4.78, 5) is 14.2. The van der Waals surface area contributed by atoms with Crippen LogP contribution in [0.1, 0.15) is 12.8 Å². The lowest BCUT2D eigenvalue weighted by Crippen LogP contribution is -2.45. The Morgan fingerprint density at radius 2 is 1.85 bits per heavy atom. The van der Waals surface area contributed by atoms with Gasteiger partial charge >= 0.3 is 0 Å². The van der Waals surface area contributed by atoms with E-state index >= 15 is 0 Å².